The summed E-state index contributed by atoms with van der Waals surface area (Å²) < 4.78 is 43.5. The number of alkyl halides is 3. The highest BCUT2D eigenvalue weighted by atomic mass is 19.4. The molecule has 0 aliphatic heterocycles. The highest BCUT2D eigenvalue weighted by Gasteiger charge is 2.43. The molecule has 2 N–H and O–H groups in total. The van der Waals surface area contributed by atoms with E-state index in [1.165, 1.54) is 6.26 Å². The maximum atomic E-state index is 12.8. The smallest absolute Gasteiger partial charge is 0.391 e. The van der Waals surface area contributed by atoms with Crippen molar-refractivity contribution < 1.29 is 27.5 Å². The Morgan fingerprint density at radius 1 is 1.48 bits per heavy atom. The van der Waals surface area contributed by atoms with Gasteiger partial charge in [0.2, 0.25) is 5.91 Å². The minimum atomic E-state index is -4.24. The topological polar surface area (TPSA) is 62.5 Å². The van der Waals surface area contributed by atoms with E-state index < -0.39 is 24.1 Å². The third-order valence-electron chi connectivity index (χ3n) is 4.34. The standard InChI is InChI=1S/C16H22F3NO3/c1-10(8-13(21)14-6-3-7-23-14)20-15(22)11-4-2-5-12(9-11)16(17,18)19/h3,6-7,10-13,21H,2,4-5,8-9H2,1H3,(H,20,22). The van der Waals surface area contributed by atoms with Crippen molar-refractivity contribution in [3.8, 4) is 0 Å². The van der Waals surface area contributed by atoms with Crippen molar-refractivity contribution in [2.24, 2.45) is 11.8 Å². The number of amides is 1. The van der Waals surface area contributed by atoms with E-state index in [-0.39, 0.29) is 31.2 Å². The molecule has 4 atom stereocenters. The molecule has 0 spiro atoms. The average molecular weight is 333 g/mol. The summed E-state index contributed by atoms with van der Waals surface area (Å²) in [7, 11) is 0. The molecule has 130 valence electrons. The molecule has 4 nitrogen and oxygen atoms in total. The number of hydrogen-bond donors (Lipinski definition) is 2. The minimum absolute atomic E-state index is 0.0973. The monoisotopic (exact) mass is 333 g/mol. The second-order valence-electron chi connectivity index (χ2n) is 6.28. The van der Waals surface area contributed by atoms with Crippen LogP contribution in [0.1, 0.15) is 50.9 Å². The van der Waals surface area contributed by atoms with Gasteiger partial charge in [-0.1, -0.05) is 6.42 Å². The number of halogens is 3. The summed E-state index contributed by atoms with van der Waals surface area (Å²) in [6.07, 6.45) is -2.56. The lowest BCUT2D eigenvalue weighted by molar-refractivity contribution is -0.186. The lowest BCUT2D eigenvalue weighted by Gasteiger charge is -2.30. The first-order chi connectivity index (χ1) is 10.8. The summed E-state index contributed by atoms with van der Waals surface area (Å²) in [5.41, 5.74) is 0. The zero-order valence-corrected chi connectivity index (χ0v) is 13.0. The fraction of sp³-hybridized carbons (Fsp3) is 0.688. The van der Waals surface area contributed by atoms with E-state index in [1.54, 1.807) is 19.1 Å². The van der Waals surface area contributed by atoms with Crippen molar-refractivity contribution in [1.82, 2.24) is 5.32 Å². The van der Waals surface area contributed by atoms with Crippen LogP contribution in [0.5, 0.6) is 0 Å². The van der Waals surface area contributed by atoms with E-state index in [9.17, 15) is 23.1 Å². The van der Waals surface area contributed by atoms with E-state index in [0.717, 1.165) is 0 Å². The average Bonchev–Trinajstić information content (AvgIpc) is 3.00. The van der Waals surface area contributed by atoms with Gasteiger partial charge in [0.15, 0.2) is 0 Å². The molecule has 4 unspecified atom stereocenters. The number of furan rings is 1. The number of nitrogens with one attached hydrogen (secondary N) is 1. The lowest BCUT2D eigenvalue weighted by atomic mass is 9.80. The fourth-order valence-corrected chi connectivity index (χ4v) is 3.08. The zero-order chi connectivity index (χ0) is 17.0. The van der Waals surface area contributed by atoms with Gasteiger partial charge in [-0.3, -0.25) is 4.79 Å². The molecule has 1 aromatic rings. The zero-order valence-electron chi connectivity index (χ0n) is 13.0. The molecule has 1 heterocycles. The van der Waals surface area contributed by atoms with Crippen LogP contribution in [0.4, 0.5) is 13.2 Å². The molecule has 1 saturated carbocycles. The van der Waals surface area contributed by atoms with Crippen molar-refractivity contribution in [3.63, 3.8) is 0 Å². The molecule has 23 heavy (non-hydrogen) atoms. The summed E-state index contributed by atoms with van der Waals surface area (Å²) in [5, 5.41) is 12.7. The molecular formula is C16H22F3NO3. The van der Waals surface area contributed by atoms with Crippen LogP contribution in [0.3, 0.4) is 0 Å². The van der Waals surface area contributed by atoms with Gasteiger partial charge in [-0.25, -0.2) is 0 Å². The summed E-state index contributed by atoms with van der Waals surface area (Å²) in [4.78, 5) is 12.2. The molecule has 2 rings (SSSR count). The van der Waals surface area contributed by atoms with Gasteiger partial charge >= 0.3 is 6.18 Å². The Morgan fingerprint density at radius 3 is 2.83 bits per heavy atom. The first kappa shape index (κ1) is 17.8. The normalized spacial score (nSPS) is 24.9. The predicted molar refractivity (Wildman–Crippen MR) is 77.4 cm³/mol. The van der Waals surface area contributed by atoms with Crippen molar-refractivity contribution in [3.05, 3.63) is 24.2 Å². The Bertz CT molecular complexity index is 501. The fourth-order valence-electron chi connectivity index (χ4n) is 3.08. The highest BCUT2D eigenvalue weighted by molar-refractivity contribution is 5.79. The van der Waals surface area contributed by atoms with E-state index in [1.807, 2.05) is 0 Å². The highest BCUT2D eigenvalue weighted by Crippen LogP contribution is 2.40. The molecule has 1 aliphatic carbocycles. The van der Waals surface area contributed by atoms with Crippen LogP contribution >= 0.6 is 0 Å². The van der Waals surface area contributed by atoms with Gasteiger partial charge < -0.3 is 14.8 Å². The molecule has 0 aromatic carbocycles. The number of rotatable bonds is 5. The van der Waals surface area contributed by atoms with Crippen LogP contribution in [0.15, 0.2) is 22.8 Å². The van der Waals surface area contributed by atoms with Gasteiger partial charge in [-0.15, -0.1) is 0 Å². The van der Waals surface area contributed by atoms with Gasteiger partial charge in [0, 0.05) is 18.4 Å². The molecule has 0 bridgehead atoms. The molecule has 0 radical (unpaired) electrons. The van der Waals surface area contributed by atoms with Gasteiger partial charge in [-0.05, 0) is 38.3 Å². The second-order valence-corrected chi connectivity index (χ2v) is 6.28. The van der Waals surface area contributed by atoms with Crippen LogP contribution in [0.2, 0.25) is 0 Å². The Kier molecular flexibility index (Phi) is 5.73. The third kappa shape index (κ3) is 4.99. The van der Waals surface area contributed by atoms with Crippen LogP contribution in [-0.4, -0.2) is 23.2 Å². The quantitative estimate of drug-likeness (QED) is 0.866. The Labute approximate surface area is 133 Å². The second kappa shape index (κ2) is 7.38. The van der Waals surface area contributed by atoms with Gasteiger partial charge in [0.1, 0.15) is 11.9 Å². The Morgan fingerprint density at radius 2 is 2.22 bits per heavy atom. The number of carbonyl (C=O) groups is 1. The maximum absolute atomic E-state index is 12.8. The van der Waals surface area contributed by atoms with Crippen molar-refractivity contribution >= 4 is 5.91 Å². The van der Waals surface area contributed by atoms with E-state index in [0.29, 0.717) is 18.6 Å². The molecule has 0 saturated heterocycles. The van der Waals surface area contributed by atoms with Gasteiger partial charge in [0.25, 0.3) is 0 Å². The number of carbonyl (C=O) groups excluding carboxylic acids is 1. The Balaban J connectivity index is 1.83. The van der Waals surface area contributed by atoms with Crippen LogP contribution in [-0.2, 0) is 4.79 Å². The van der Waals surface area contributed by atoms with E-state index in [4.69, 9.17) is 4.42 Å². The predicted octanol–water partition coefficient (Wildman–Crippen LogP) is 3.58. The van der Waals surface area contributed by atoms with Crippen LogP contribution < -0.4 is 5.32 Å². The summed E-state index contributed by atoms with van der Waals surface area (Å²) >= 11 is 0. The molecule has 1 fully saturated rings. The first-order valence-corrected chi connectivity index (χ1v) is 7.86. The SMILES string of the molecule is CC(CC(O)c1ccco1)NC(=O)C1CCCC(C(F)(F)F)C1. The van der Waals surface area contributed by atoms with Crippen LogP contribution in [0.25, 0.3) is 0 Å². The number of aliphatic hydroxyl groups excluding tert-OH is 1. The number of hydrogen-bond acceptors (Lipinski definition) is 3. The summed E-state index contributed by atoms with van der Waals surface area (Å²) in [5.74, 6) is -1.96. The van der Waals surface area contributed by atoms with E-state index >= 15 is 0 Å². The largest absolute Gasteiger partial charge is 0.467 e. The molecule has 7 heteroatoms. The Hall–Kier alpha value is -1.50. The van der Waals surface area contributed by atoms with Gasteiger partial charge in [-0.2, -0.15) is 13.2 Å². The molecule has 1 aliphatic rings. The summed E-state index contributed by atoms with van der Waals surface area (Å²) in [6.45, 7) is 1.72. The van der Waals surface area contributed by atoms with Crippen molar-refractivity contribution in [2.75, 3.05) is 0 Å². The molecule has 1 amide bonds. The molecular weight excluding hydrogens is 311 g/mol. The summed E-state index contributed by atoms with van der Waals surface area (Å²) in [6, 6.07) is 2.93. The van der Waals surface area contributed by atoms with Crippen molar-refractivity contribution in [1.29, 1.82) is 0 Å². The maximum Gasteiger partial charge on any atom is 0.391 e. The van der Waals surface area contributed by atoms with E-state index in [2.05, 4.69) is 5.32 Å². The lowest BCUT2D eigenvalue weighted by Crippen LogP contribution is -2.41. The number of aliphatic hydroxyl groups is 1. The minimum Gasteiger partial charge on any atom is -0.467 e. The van der Waals surface area contributed by atoms with Crippen molar-refractivity contribution in [2.45, 2.75) is 57.3 Å². The molecule has 1 aromatic heterocycles. The first-order valence-electron chi connectivity index (χ1n) is 7.86. The third-order valence-corrected chi connectivity index (χ3v) is 4.34. The van der Waals surface area contributed by atoms with Gasteiger partial charge in [0.05, 0.1) is 12.2 Å². The van der Waals surface area contributed by atoms with Crippen LogP contribution in [0, 0.1) is 11.8 Å².